The lowest BCUT2D eigenvalue weighted by atomic mass is 9.81. The van der Waals surface area contributed by atoms with Crippen LogP contribution in [0.3, 0.4) is 0 Å². The maximum Gasteiger partial charge on any atom is 0.326 e. The van der Waals surface area contributed by atoms with Crippen molar-refractivity contribution in [1.82, 2.24) is 14.3 Å². The van der Waals surface area contributed by atoms with Crippen LogP contribution in [0.2, 0.25) is 0 Å². The van der Waals surface area contributed by atoms with E-state index in [-0.39, 0.29) is 35.8 Å². The van der Waals surface area contributed by atoms with E-state index in [9.17, 15) is 19.2 Å². The standard InChI is InChI=1S/C20H21N3O5/c1-12-5-4-8-22-16(24)9-13(21-18(12)22)11-28-17(25)10-23-19(26)14-6-2-3-7-15(14)20(23)27/h4-5,8-9,14-15H,2-3,6-7,10-11H2,1H3/t14-,15-/m1/s1. The second-order valence-corrected chi connectivity index (χ2v) is 7.39. The molecule has 4 rings (SSSR count). The van der Waals surface area contributed by atoms with Crippen molar-refractivity contribution in [2.75, 3.05) is 6.54 Å². The molecule has 0 aromatic carbocycles. The molecule has 3 heterocycles. The highest BCUT2D eigenvalue weighted by atomic mass is 16.5. The predicted octanol–water partition coefficient (Wildman–Crippen LogP) is 1.22. The molecule has 1 aliphatic carbocycles. The Morgan fingerprint density at radius 3 is 2.54 bits per heavy atom. The summed E-state index contributed by atoms with van der Waals surface area (Å²) >= 11 is 0. The molecule has 0 N–H and O–H groups in total. The highest BCUT2D eigenvalue weighted by Gasteiger charge is 2.48. The number of pyridine rings is 1. The first-order chi connectivity index (χ1) is 13.5. The molecule has 2 aromatic heterocycles. The molecule has 2 atom stereocenters. The van der Waals surface area contributed by atoms with E-state index in [4.69, 9.17) is 4.74 Å². The fourth-order valence-electron chi connectivity index (χ4n) is 4.10. The van der Waals surface area contributed by atoms with Gasteiger partial charge in [0.1, 0.15) is 18.8 Å². The quantitative estimate of drug-likeness (QED) is 0.582. The van der Waals surface area contributed by atoms with E-state index in [1.807, 2.05) is 13.0 Å². The molecule has 1 saturated carbocycles. The molecule has 0 spiro atoms. The zero-order chi connectivity index (χ0) is 19.8. The van der Waals surface area contributed by atoms with Crippen LogP contribution in [0.25, 0.3) is 5.65 Å². The van der Waals surface area contributed by atoms with Crippen molar-refractivity contribution >= 4 is 23.4 Å². The largest absolute Gasteiger partial charge is 0.458 e. The molecule has 28 heavy (non-hydrogen) atoms. The van der Waals surface area contributed by atoms with Crippen LogP contribution in [0, 0.1) is 18.8 Å². The number of carbonyl (C=O) groups excluding carboxylic acids is 3. The minimum atomic E-state index is -0.688. The van der Waals surface area contributed by atoms with E-state index in [0.717, 1.165) is 23.3 Å². The molecule has 8 nitrogen and oxygen atoms in total. The van der Waals surface area contributed by atoms with Gasteiger partial charge in [-0.25, -0.2) is 4.98 Å². The van der Waals surface area contributed by atoms with Gasteiger partial charge in [-0.2, -0.15) is 0 Å². The van der Waals surface area contributed by atoms with Crippen molar-refractivity contribution in [2.45, 2.75) is 39.2 Å². The van der Waals surface area contributed by atoms with Crippen LogP contribution in [0.15, 0.2) is 29.2 Å². The number of hydrogen-bond acceptors (Lipinski definition) is 6. The van der Waals surface area contributed by atoms with Crippen LogP contribution >= 0.6 is 0 Å². The van der Waals surface area contributed by atoms with Gasteiger partial charge in [0.05, 0.1) is 17.5 Å². The summed E-state index contributed by atoms with van der Waals surface area (Å²) in [5, 5.41) is 0. The Balaban J connectivity index is 1.43. The van der Waals surface area contributed by atoms with Gasteiger partial charge in [-0.15, -0.1) is 0 Å². The van der Waals surface area contributed by atoms with Gasteiger partial charge in [-0.05, 0) is 31.4 Å². The predicted molar refractivity (Wildman–Crippen MR) is 98.2 cm³/mol. The van der Waals surface area contributed by atoms with Crippen LogP contribution in [0.4, 0.5) is 0 Å². The van der Waals surface area contributed by atoms with Gasteiger partial charge in [0.25, 0.3) is 5.56 Å². The molecular formula is C20H21N3O5. The van der Waals surface area contributed by atoms with E-state index < -0.39 is 12.5 Å². The number of hydrogen-bond donors (Lipinski definition) is 0. The molecule has 2 aliphatic rings. The Kier molecular flexibility index (Phi) is 4.70. The molecule has 1 saturated heterocycles. The highest BCUT2D eigenvalue weighted by Crippen LogP contribution is 2.37. The van der Waals surface area contributed by atoms with Gasteiger partial charge in [0.2, 0.25) is 11.8 Å². The number of imide groups is 1. The summed E-state index contributed by atoms with van der Waals surface area (Å²) in [5.41, 5.74) is 1.37. The lowest BCUT2D eigenvalue weighted by molar-refractivity contribution is -0.153. The molecule has 2 fully saturated rings. The highest BCUT2D eigenvalue weighted by molar-refractivity contribution is 6.07. The fourth-order valence-corrected chi connectivity index (χ4v) is 4.10. The first-order valence-electron chi connectivity index (χ1n) is 9.44. The first-order valence-corrected chi connectivity index (χ1v) is 9.44. The average Bonchev–Trinajstić information content (AvgIpc) is 2.92. The number of likely N-dealkylation sites (tertiary alicyclic amines) is 1. The Morgan fingerprint density at radius 2 is 1.86 bits per heavy atom. The third-order valence-electron chi connectivity index (χ3n) is 5.54. The van der Waals surface area contributed by atoms with Gasteiger partial charge in [0.15, 0.2) is 0 Å². The number of aromatic nitrogens is 2. The van der Waals surface area contributed by atoms with Crippen molar-refractivity contribution < 1.29 is 19.1 Å². The van der Waals surface area contributed by atoms with Gasteiger partial charge in [0, 0.05) is 12.3 Å². The van der Waals surface area contributed by atoms with E-state index in [1.54, 1.807) is 12.3 Å². The van der Waals surface area contributed by atoms with Crippen LogP contribution in [0.1, 0.15) is 36.9 Å². The molecule has 0 unspecified atom stereocenters. The van der Waals surface area contributed by atoms with Crippen molar-refractivity contribution in [3.05, 3.63) is 46.0 Å². The number of amides is 2. The third-order valence-corrected chi connectivity index (χ3v) is 5.54. The molecule has 146 valence electrons. The molecule has 1 aliphatic heterocycles. The number of nitrogens with zero attached hydrogens (tertiary/aromatic N) is 3. The number of rotatable bonds is 4. The van der Waals surface area contributed by atoms with E-state index >= 15 is 0 Å². The number of fused-ring (bicyclic) bond motifs is 2. The van der Waals surface area contributed by atoms with Gasteiger partial charge in [-0.3, -0.25) is 28.5 Å². The maximum atomic E-state index is 12.4. The first kappa shape index (κ1) is 18.3. The molecule has 0 radical (unpaired) electrons. The summed E-state index contributed by atoms with van der Waals surface area (Å²) in [5.74, 6) is -1.82. The van der Waals surface area contributed by atoms with Crippen molar-refractivity contribution in [1.29, 1.82) is 0 Å². The lowest BCUT2D eigenvalue weighted by Gasteiger charge is -2.19. The molecule has 2 amide bonds. The summed E-state index contributed by atoms with van der Waals surface area (Å²) in [6.07, 6.45) is 4.88. The van der Waals surface area contributed by atoms with Crippen molar-refractivity contribution in [3.63, 3.8) is 0 Å². The number of aryl methyl sites for hydroxylation is 1. The second kappa shape index (κ2) is 7.18. The number of esters is 1. The molecular weight excluding hydrogens is 362 g/mol. The van der Waals surface area contributed by atoms with Gasteiger partial charge < -0.3 is 4.74 Å². The summed E-state index contributed by atoms with van der Waals surface area (Å²) in [7, 11) is 0. The van der Waals surface area contributed by atoms with E-state index in [1.165, 1.54) is 10.5 Å². The molecule has 8 heteroatoms. The number of carbonyl (C=O) groups is 3. The molecule has 2 aromatic rings. The van der Waals surface area contributed by atoms with Crippen LogP contribution in [-0.4, -0.2) is 38.6 Å². The SMILES string of the molecule is Cc1cccn2c(=O)cc(COC(=O)CN3C(=O)[C@@H]4CCCC[C@H]4C3=O)nc12. The topological polar surface area (TPSA) is 98.0 Å². The number of ether oxygens (including phenoxy) is 1. The Labute approximate surface area is 161 Å². The van der Waals surface area contributed by atoms with Crippen LogP contribution in [0.5, 0.6) is 0 Å². The third kappa shape index (κ3) is 3.19. The zero-order valence-electron chi connectivity index (χ0n) is 15.6. The Morgan fingerprint density at radius 1 is 1.18 bits per heavy atom. The minimum absolute atomic E-state index is 0.192. The Bertz CT molecular complexity index is 1000. The fraction of sp³-hybridized carbons (Fsp3) is 0.450. The van der Waals surface area contributed by atoms with E-state index in [2.05, 4.69) is 4.98 Å². The van der Waals surface area contributed by atoms with Gasteiger partial charge in [-0.1, -0.05) is 18.9 Å². The summed E-state index contributed by atoms with van der Waals surface area (Å²) in [4.78, 5) is 54.6. The maximum absolute atomic E-state index is 12.4. The Hall–Kier alpha value is -3.03. The zero-order valence-corrected chi connectivity index (χ0v) is 15.6. The van der Waals surface area contributed by atoms with Crippen LogP contribution < -0.4 is 5.56 Å². The summed E-state index contributed by atoms with van der Waals surface area (Å²) in [6.45, 7) is 1.25. The second-order valence-electron chi connectivity index (χ2n) is 7.39. The van der Waals surface area contributed by atoms with Crippen LogP contribution in [-0.2, 0) is 25.7 Å². The lowest BCUT2D eigenvalue weighted by Crippen LogP contribution is -2.36. The smallest absolute Gasteiger partial charge is 0.326 e. The molecule has 0 bridgehead atoms. The minimum Gasteiger partial charge on any atom is -0.458 e. The summed E-state index contributed by atoms with van der Waals surface area (Å²) in [6, 6.07) is 4.90. The average molecular weight is 383 g/mol. The van der Waals surface area contributed by atoms with Crippen molar-refractivity contribution in [2.24, 2.45) is 11.8 Å². The van der Waals surface area contributed by atoms with E-state index in [0.29, 0.717) is 24.2 Å². The van der Waals surface area contributed by atoms with Crippen molar-refractivity contribution in [3.8, 4) is 0 Å². The summed E-state index contributed by atoms with van der Waals surface area (Å²) < 4.78 is 6.61. The monoisotopic (exact) mass is 383 g/mol. The normalized spacial score (nSPS) is 21.8. The van der Waals surface area contributed by atoms with Gasteiger partial charge >= 0.3 is 5.97 Å².